The van der Waals surface area contributed by atoms with Gasteiger partial charge in [-0.25, -0.2) is 0 Å². The molecular weight excluding hydrogens is 200 g/mol. The third kappa shape index (κ3) is 1.09. The van der Waals surface area contributed by atoms with Crippen LogP contribution in [0.1, 0.15) is 0 Å². The Kier molecular flexibility index (Phi) is 1.50. The molecule has 2 rings (SSSR count). The van der Waals surface area contributed by atoms with Gasteiger partial charge >= 0.3 is 35.0 Å². The Labute approximate surface area is 74.2 Å². The largest absolute Gasteiger partial charge is 0.475 e. The molecule has 0 unspecified atom stereocenters. The Bertz CT molecular complexity index is 454. The lowest BCUT2D eigenvalue weighted by Crippen LogP contribution is -1.78. The zero-order valence-corrected chi connectivity index (χ0v) is 6.42. The summed E-state index contributed by atoms with van der Waals surface area (Å²) < 4.78 is 17.6. The highest BCUT2D eigenvalue weighted by Crippen LogP contribution is 2.30. The monoisotopic (exact) mass is 204 g/mol. The van der Waals surface area contributed by atoms with Gasteiger partial charge in [-0.15, -0.1) is 0 Å². The number of aromatic hydroxyl groups is 4. The van der Waals surface area contributed by atoms with Crippen molar-refractivity contribution < 1.29 is 38.1 Å². The van der Waals surface area contributed by atoms with Crippen LogP contribution in [0.25, 0.3) is 0 Å². The molecule has 0 aromatic carbocycles. The molecular formula is C6H4O8. The minimum Gasteiger partial charge on any atom is -0.475 e. The lowest BCUT2D eigenvalue weighted by Gasteiger charge is -1.97. The van der Waals surface area contributed by atoms with Gasteiger partial charge in [0.25, 0.3) is 0 Å². The highest BCUT2D eigenvalue weighted by atomic mass is 16.6. The second-order valence-electron chi connectivity index (χ2n) is 2.20. The van der Waals surface area contributed by atoms with Crippen LogP contribution < -0.4 is 0 Å². The molecule has 76 valence electrons. The molecule has 0 aliphatic carbocycles. The van der Waals surface area contributed by atoms with E-state index < -0.39 is 35.0 Å². The van der Waals surface area contributed by atoms with Gasteiger partial charge in [-0.1, -0.05) is 0 Å². The summed E-state index contributed by atoms with van der Waals surface area (Å²) in [6.45, 7) is 0. The van der Waals surface area contributed by atoms with E-state index in [-0.39, 0.29) is 0 Å². The van der Waals surface area contributed by atoms with Crippen molar-refractivity contribution in [2.24, 2.45) is 0 Å². The molecule has 0 bridgehead atoms. The first-order valence-corrected chi connectivity index (χ1v) is 3.28. The maximum absolute atomic E-state index is 8.82. The fourth-order valence-corrected chi connectivity index (χ4v) is 0.734. The summed E-state index contributed by atoms with van der Waals surface area (Å²) in [5.41, 5.74) is -1.09. The summed E-state index contributed by atoms with van der Waals surface area (Å²) in [6, 6.07) is 0. The molecule has 0 aromatic heterocycles. The Balaban J connectivity index is 2.93. The van der Waals surface area contributed by atoms with Gasteiger partial charge in [-0.3, -0.25) is 0 Å². The SMILES string of the molecule is Oc1oc2oc(O)c(O)oc=2oc1O. The molecule has 2 aliphatic rings. The first kappa shape index (κ1) is 8.23. The Morgan fingerprint density at radius 1 is 0.500 bits per heavy atom. The normalized spacial score (nSPS) is 10.6. The fourth-order valence-electron chi connectivity index (χ4n) is 0.734. The van der Waals surface area contributed by atoms with E-state index in [2.05, 4.69) is 17.7 Å². The minimum absolute atomic E-state index is 0.546. The maximum atomic E-state index is 8.82. The molecule has 0 amide bonds. The van der Waals surface area contributed by atoms with Crippen LogP contribution in [0, 0.1) is 11.2 Å². The van der Waals surface area contributed by atoms with Gasteiger partial charge < -0.3 is 38.1 Å². The van der Waals surface area contributed by atoms with Crippen molar-refractivity contribution in [3.63, 3.8) is 0 Å². The average molecular weight is 204 g/mol. The van der Waals surface area contributed by atoms with Crippen molar-refractivity contribution in [2.45, 2.75) is 0 Å². The zero-order chi connectivity index (χ0) is 10.3. The second kappa shape index (κ2) is 2.55. The molecule has 8 heteroatoms. The Hall–Kier alpha value is -2.38. The van der Waals surface area contributed by atoms with Crippen molar-refractivity contribution >= 4 is 0 Å². The van der Waals surface area contributed by atoms with E-state index in [0.29, 0.717) is 0 Å². The standard InChI is InChI=1S/C6H4O8/c7-1-2(8)12-6-5(11-1)13-3(9)4(10)14-6/h7-10H. The van der Waals surface area contributed by atoms with Gasteiger partial charge in [-0.05, 0) is 0 Å². The maximum Gasteiger partial charge on any atom is 0.381 e. The van der Waals surface area contributed by atoms with Gasteiger partial charge in [0.05, 0.1) is 0 Å². The third-order valence-corrected chi connectivity index (χ3v) is 1.29. The van der Waals surface area contributed by atoms with E-state index >= 15 is 0 Å². The van der Waals surface area contributed by atoms with Gasteiger partial charge in [0.2, 0.25) is 0 Å². The smallest absolute Gasteiger partial charge is 0.381 e. The van der Waals surface area contributed by atoms with E-state index in [1.807, 2.05) is 0 Å². The van der Waals surface area contributed by atoms with E-state index in [4.69, 9.17) is 20.4 Å². The van der Waals surface area contributed by atoms with Crippen LogP contribution >= 0.6 is 0 Å². The summed E-state index contributed by atoms with van der Waals surface area (Å²) in [6.07, 6.45) is 0. The lowest BCUT2D eigenvalue weighted by atomic mass is 10.8. The van der Waals surface area contributed by atoms with Crippen molar-refractivity contribution in [3.8, 4) is 23.8 Å². The van der Waals surface area contributed by atoms with Crippen molar-refractivity contribution in [1.82, 2.24) is 0 Å². The average Bonchev–Trinajstić information content (AvgIpc) is 2.11. The summed E-state index contributed by atoms with van der Waals surface area (Å²) in [4.78, 5) is 0. The van der Waals surface area contributed by atoms with E-state index in [1.54, 1.807) is 0 Å². The number of hydrogen-bond donors (Lipinski definition) is 4. The predicted octanol–water partition coefficient (Wildman–Crippen LogP) is 0.730. The summed E-state index contributed by atoms with van der Waals surface area (Å²) in [7, 11) is 0. The van der Waals surface area contributed by atoms with Gasteiger partial charge in [0.1, 0.15) is 0 Å². The van der Waals surface area contributed by atoms with Crippen molar-refractivity contribution in [1.29, 1.82) is 0 Å². The molecule has 2 aliphatic heterocycles. The molecule has 0 radical (unpaired) electrons. The van der Waals surface area contributed by atoms with Crippen LogP contribution in [0.3, 0.4) is 0 Å². The first-order valence-electron chi connectivity index (χ1n) is 3.28. The lowest BCUT2D eigenvalue weighted by molar-refractivity contribution is 0.103. The molecule has 14 heavy (non-hydrogen) atoms. The third-order valence-electron chi connectivity index (χ3n) is 1.29. The molecule has 0 spiro atoms. The predicted molar refractivity (Wildman–Crippen MR) is 35.1 cm³/mol. The van der Waals surface area contributed by atoms with Gasteiger partial charge in [0.15, 0.2) is 0 Å². The highest BCUT2D eigenvalue weighted by Gasteiger charge is 2.13. The minimum atomic E-state index is -0.957. The first-order chi connectivity index (χ1) is 6.58. The molecule has 2 heterocycles. The van der Waals surface area contributed by atoms with Crippen molar-refractivity contribution in [2.75, 3.05) is 0 Å². The van der Waals surface area contributed by atoms with Crippen LogP contribution in [0.5, 0.6) is 23.8 Å². The van der Waals surface area contributed by atoms with Crippen LogP contribution in [-0.4, -0.2) is 20.4 Å². The second-order valence-corrected chi connectivity index (χ2v) is 2.20. The Morgan fingerprint density at radius 3 is 0.929 bits per heavy atom. The number of hydrogen-bond acceptors (Lipinski definition) is 8. The number of rotatable bonds is 0. The van der Waals surface area contributed by atoms with E-state index in [9.17, 15) is 0 Å². The van der Waals surface area contributed by atoms with E-state index in [1.165, 1.54) is 0 Å². The zero-order valence-electron chi connectivity index (χ0n) is 6.42. The van der Waals surface area contributed by atoms with Crippen LogP contribution in [-0.2, 0) is 0 Å². The van der Waals surface area contributed by atoms with Crippen LogP contribution in [0.15, 0.2) is 17.7 Å². The van der Waals surface area contributed by atoms with Crippen LogP contribution in [0.4, 0.5) is 0 Å². The Morgan fingerprint density at radius 2 is 0.714 bits per heavy atom. The molecule has 0 saturated carbocycles. The van der Waals surface area contributed by atoms with Gasteiger partial charge in [0, 0.05) is 0 Å². The molecule has 0 saturated heterocycles. The molecule has 0 fully saturated rings. The molecule has 0 aromatic rings. The highest BCUT2D eigenvalue weighted by molar-refractivity contribution is 5.14. The summed E-state index contributed by atoms with van der Waals surface area (Å²) >= 11 is 0. The summed E-state index contributed by atoms with van der Waals surface area (Å²) in [5.74, 6) is -3.83. The van der Waals surface area contributed by atoms with Gasteiger partial charge in [-0.2, -0.15) is 0 Å². The fraction of sp³-hybridized carbons (Fsp3) is 0. The summed E-state index contributed by atoms with van der Waals surface area (Å²) in [5, 5.41) is 35.3. The van der Waals surface area contributed by atoms with Crippen LogP contribution in [0.2, 0.25) is 0 Å². The quantitative estimate of drug-likeness (QED) is 0.493. The molecule has 8 nitrogen and oxygen atoms in total. The topological polar surface area (TPSA) is 133 Å². The van der Waals surface area contributed by atoms with Crippen molar-refractivity contribution in [3.05, 3.63) is 11.2 Å². The van der Waals surface area contributed by atoms with E-state index in [0.717, 1.165) is 0 Å². The molecule has 0 atom stereocenters. The molecule has 4 N–H and O–H groups in total.